The average molecular weight is 304 g/mol. The molecule has 0 bridgehead atoms. The molecule has 8 heteroatoms. The highest BCUT2D eigenvalue weighted by Crippen LogP contribution is 2.16. The van der Waals surface area contributed by atoms with Crippen molar-refractivity contribution in [1.29, 1.82) is 0 Å². The number of rotatable bonds is 4. The Balaban J connectivity index is 2.13. The molecule has 0 saturated carbocycles. The highest BCUT2D eigenvalue weighted by atomic mass is 35.5. The first-order chi connectivity index (χ1) is 8.47. The van der Waals surface area contributed by atoms with Gasteiger partial charge in [0.1, 0.15) is 10.0 Å². The van der Waals surface area contributed by atoms with Crippen LogP contribution in [0, 0.1) is 6.92 Å². The van der Waals surface area contributed by atoms with E-state index in [1.54, 1.807) is 12.1 Å². The van der Waals surface area contributed by atoms with Crippen molar-refractivity contribution in [3.63, 3.8) is 0 Å². The molecule has 5 nitrogen and oxygen atoms in total. The minimum Gasteiger partial charge on any atom is -0.207 e. The summed E-state index contributed by atoms with van der Waals surface area (Å²) in [6, 6.07) is 6.09. The van der Waals surface area contributed by atoms with Gasteiger partial charge in [0.15, 0.2) is 0 Å². The van der Waals surface area contributed by atoms with E-state index < -0.39 is 10.0 Å². The van der Waals surface area contributed by atoms with Gasteiger partial charge in [-0.25, -0.2) is 13.1 Å². The Kier molecular flexibility index (Phi) is 3.96. The van der Waals surface area contributed by atoms with Crippen molar-refractivity contribution in [2.45, 2.75) is 18.4 Å². The number of sulfonamides is 1. The summed E-state index contributed by atoms with van der Waals surface area (Å²) in [4.78, 5) is 0.135. The maximum atomic E-state index is 12.0. The summed E-state index contributed by atoms with van der Waals surface area (Å²) in [6.45, 7) is 1.94. The molecule has 0 aliphatic carbocycles. The van der Waals surface area contributed by atoms with Crippen molar-refractivity contribution in [1.82, 2.24) is 14.9 Å². The number of nitrogens with zero attached hydrogens (tertiary/aromatic N) is 2. The van der Waals surface area contributed by atoms with Crippen molar-refractivity contribution in [3.05, 3.63) is 39.3 Å². The summed E-state index contributed by atoms with van der Waals surface area (Å²) in [6.07, 6.45) is 0. The van der Waals surface area contributed by atoms with Crippen LogP contribution in [0.3, 0.4) is 0 Å². The molecule has 0 fully saturated rings. The number of aryl methyl sites for hydroxylation is 1. The molecule has 0 spiro atoms. The molecule has 0 saturated heterocycles. The maximum absolute atomic E-state index is 12.0. The number of hydrogen-bond donors (Lipinski definition) is 1. The molecule has 1 heterocycles. The SMILES string of the molecule is Cc1nnc(CNS(=O)(=O)c2cccc(Cl)c2)s1. The maximum Gasteiger partial charge on any atom is 0.241 e. The predicted octanol–water partition coefficient (Wildman–Crippen LogP) is 1.98. The van der Waals surface area contributed by atoms with E-state index in [0.717, 1.165) is 5.01 Å². The van der Waals surface area contributed by atoms with E-state index in [0.29, 0.717) is 10.0 Å². The lowest BCUT2D eigenvalue weighted by Crippen LogP contribution is -2.23. The zero-order valence-electron chi connectivity index (χ0n) is 9.42. The van der Waals surface area contributed by atoms with E-state index in [1.807, 2.05) is 6.92 Å². The standard InChI is InChI=1S/C10H10ClN3O2S2/c1-7-13-14-10(17-7)6-12-18(15,16)9-4-2-3-8(11)5-9/h2-5,12H,6H2,1H3. The lowest BCUT2D eigenvalue weighted by Gasteiger charge is -2.04. The van der Waals surface area contributed by atoms with Crippen LogP contribution in [0.4, 0.5) is 0 Å². The van der Waals surface area contributed by atoms with Gasteiger partial charge < -0.3 is 0 Å². The Bertz CT molecular complexity index is 655. The van der Waals surface area contributed by atoms with Gasteiger partial charge in [0.2, 0.25) is 10.0 Å². The highest BCUT2D eigenvalue weighted by molar-refractivity contribution is 7.89. The second-order valence-electron chi connectivity index (χ2n) is 3.50. The Labute approximate surface area is 114 Å². The van der Waals surface area contributed by atoms with Gasteiger partial charge in [-0.2, -0.15) is 0 Å². The first-order valence-electron chi connectivity index (χ1n) is 5.01. The van der Waals surface area contributed by atoms with E-state index in [-0.39, 0.29) is 11.4 Å². The molecule has 0 unspecified atom stereocenters. The summed E-state index contributed by atoms with van der Waals surface area (Å²) < 4.78 is 26.4. The van der Waals surface area contributed by atoms with Crippen LogP contribution in [-0.2, 0) is 16.6 Å². The van der Waals surface area contributed by atoms with Crippen molar-refractivity contribution >= 4 is 33.0 Å². The minimum absolute atomic E-state index is 0.125. The molecule has 1 aromatic carbocycles. The largest absolute Gasteiger partial charge is 0.241 e. The Morgan fingerprint density at radius 1 is 1.39 bits per heavy atom. The molecule has 1 aromatic heterocycles. The van der Waals surface area contributed by atoms with Crippen molar-refractivity contribution in [2.75, 3.05) is 0 Å². The number of benzene rings is 1. The zero-order chi connectivity index (χ0) is 13.2. The Morgan fingerprint density at radius 2 is 2.17 bits per heavy atom. The summed E-state index contributed by atoms with van der Waals surface area (Å²) in [7, 11) is -3.57. The van der Waals surface area contributed by atoms with Gasteiger partial charge in [0.05, 0.1) is 11.4 Å². The normalized spacial score (nSPS) is 11.7. The Hall–Kier alpha value is -1.02. The van der Waals surface area contributed by atoms with E-state index >= 15 is 0 Å². The van der Waals surface area contributed by atoms with E-state index in [1.165, 1.54) is 23.5 Å². The van der Waals surface area contributed by atoms with Crippen molar-refractivity contribution in [2.24, 2.45) is 0 Å². The zero-order valence-corrected chi connectivity index (χ0v) is 11.8. The van der Waals surface area contributed by atoms with Crippen LogP contribution in [0.25, 0.3) is 0 Å². The first-order valence-corrected chi connectivity index (χ1v) is 7.69. The molecule has 96 valence electrons. The molecular weight excluding hydrogens is 294 g/mol. The molecule has 0 atom stereocenters. The molecule has 0 amide bonds. The molecule has 0 aliphatic heterocycles. The Morgan fingerprint density at radius 3 is 2.78 bits per heavy atom. The monoisotopic (exact) mass is 303 g/mol. The third-order valence-corrected chi connectivity index (χ3v) is 4.56. The van der Waals surface area contributed by atoms with Crippen LogP contribution in [0.1, 0.15) is 10.0 Å². The predicted molar refractivity (Wildman–Crippen MR) is 70.1 cm³/mol. The van der Waals surface area contributed by atoms with Crippen LogP contribution in [0.5, 0.6) is 0 Å². The summed E-state index contributed by atoms with van der Waals surface area (Å²) in [5.74, 6) is 0. The molecular formula is C10H10ClN3O2S2. The molecule has 2 aromatic rings. The smallest absolute Gasteiger partial charge is 0.207 e. The van der Waals surface area contributed by atoms with E-state index in [4.69, 9.17) is 11.6 Å². The first kappa shape index (κ1) is 13.4. The molecule has 0 radical (unpaired) electrons. The number of aromatic nitrogens is 2. The number of nitrogens with one attached hydrogen (secondary N) is 1. The second kappa shape index (κ2) is 5.31. The molecule has 2 rings (SSSR count). The number of halogens is 1. The summed E-state index contributed by atoms with van der Waals surface area (Å²) in [5.41, 5.74) is 0. The van der Waals surface area contributed by atoms with Crippen LogP contribution in [0.2, 0.25) is 5.02 Å². The van der Waals surface area contributed by atoms with Crippen LogP contribution in [-0.4, -0.2) is 18.6 Å². The fourth-order valence-electron chi connectivity index (χ4n) is 1.28. The van der Waals surface area contributed by atoms with Crippen LogP contribution < -0.4 is 4.72 Å². The van der Waals surface area contributed by atoms with Gasteiger partial charge in [-0.1, -0.05) is 17.7 Å². The van der Waals surface area contributed by atoms with Gasteiger partial charge in [0, 0.05) is 5.02 Å². The van der Waals surface area contributed by atoms with Crippen LogP contribution >= 0.6 is 22.9 Å². The second-order valence-corrected chi connectivity index (χ2v) is 6.97. The van der Waals surface area contributed by atoms with Gasteiger partial charge in [-0.15, -0.1) is 21.5 Å². The lowest BCUT2D eigenvalue weighted by atomic mass is 10.4. The van der Waals surface area contributed by atoms with Crippen molar-refractivity contribution in [3.8, 4) is 0 Å². The average Bonchev–Trinajstić information content (AvgIpc) is 2.73. The summed E-state index contributed by atoms with van der Waals surface area (Å²) >= 11 is 7.11. The fourth-order valence-corrected chi connectivity index (χ4v) is 3.31. The van der Waals surface area contributed by atoms with Gasteiger partial charge >= 0.3 is 0 Å². The number of hydrogen-bond acceptors (Lipinski definition) is 5. The highest BCUT2D eigenvalue weighted by Gasteiger charge is 2.14. The van der Waals surface area contributed by atoms with Gasteiger partial charge in [-0.05, 0) is 25.1 Å². The third-order valence-electron chi connectivity index (χ3n) is 2.09. The topological polar surface area (TPSA) is 72.0 Å². The van der Waals surface area contributed by atoms with Crippen molar-refractivity contribution < 1.29 is 8.42 Å². The molecule has 18 heavy (non-hydrogen) atoms. The minimum atomic E-state index is -3.57. The molecule has 1 N–H and O–H groups in total. The van der Waals surface area contributed by atoms with Crippen LogP contribution in [0.15, 0.2) is 29.2 Å². The molecule has 0 aliphatic rings. The summed E-state index contributed by atoms with van der Waals surface area (Å²) in [5, 5.41) is 9.46. The van der Waals surface area contributed by atoms with Gasteiger partial charge in [0.25, 0.3) is 0 Å². The third kappa shape index (κ3) is 3.26. The lowest BCUT2D eigenvalue weighted by molar-refractivity contribution is 0.581. The van der Waals surface area contributed by atoms with E-state index in [2.05, 4.69) is 14.9 Å². The fraction of sp³-hybridized carbons (Fsp3) is 0.200. The van der Waals surface area contributed by atoms with E-state index in [9.17, 15) is 8.42 Å². The quantitative estimate of drug-likeness (QED) is 0.937. The van der Waals surface area contributed by atoms with Gasteiger partial charge in [-0.3, -0.25) is 0 Å².